The van der Waals surface area contributed by atoms with E-state index in [0.29, 0.717) is 11.3 Å². The highest BCUT2D eigenvalue weighted by Crippen LogP contribution is 2.66. The maximum atomic E-state index is 14.3. The molecule has 2 aliphatic carbocycles. The maximum absolute atomic E-state index is 14.3. The van der Waals surface area contributed by atoms with Gasteiger partial charge < -0.3 is 9.84 Å². The lowest BCUT2D eigenvalue weighted by molar-refractivity contribution is -0.145. The number of carbonyl (C=O) groups is 4. The van der Waals surface area contributed by atoms with Gasteiger partial charge in [0.2, 0.25) is 11.8 Å². The molecule has 220 valence electrons. The lowest BCUT2D eigenvalue weighted by Gasteiger charge is -2.50. The summed E-state index contributed by atoms with van der Waals surface area (Å²) >= 11 is 14.6. The molecule has 0 spiro atoms. The summed E-state index contributed by atoms with van der Waals surface area (Å²) < 4.78 is 19.0. The molecule has 8 nitrogen and oxygen atoms in total. The van der Waals surface area contributed by atoms with Gasteiger partial charge in [-0.2, -0.15) is 0 Å². The van der Waals surface area contributed by atoms with E-state index in [2.05, 4.69) is 0 Å². The molecule has 1 saturated carbocycles. The summed E-state index contributed by atoms with van der Waals surface area (Å²) in [6.07, 6.45) is 1.82. The van der Waals surface area contributed by atoms with E-state index >= 15 is 0 Å². The molecule has 4 amide bonds. The molecule has 2 aromatic rings. The molecule has 0 radical (unpaired) electrons. The summed E-state index contributed by atoms with van der Waals surface area (Å²) in [5.74, 6) is -6.16. The minimum atomic E-state index is -2.13. The average molecular weight is 615 g/mol. The zero-order chi connectivity index (χ0) is 30.5. The van der Waals surface area contributed by atoms with Crippen molar-refractivity contribution in [3.8, 4) is 11.5 Å². The van der Waals surface area contributed by atoms with E-state index in [1.807, 2.05) is 0 Å². The molecule has 0 bridgehead atoms. The number of ether oxygens (including phenoxy) is 1. The summed E-state index contributed by atoms with van der Waals surface area (Å²) in [5.41, 5.74) is 0.0831. The lowest BCUT2D eigenvalue weighted by atomic mass is 9.56. The van der Waals surface area contributed by atoms with Gasteiger partial charge >= 0.3 is 0 Å². The van der Waals surface area contributed by atoms with E-state index in [4.69, 9.17) is 27.9 Å². The molecule has 11 heteroatoms. The maximum Gasteiger partial charge on any atom is 0.258 e. The van der Waals surface area contributed by atoms with Crippen LogP contribution in [0.15, 0.2) is 54.1 Å². The second-order valence-electron chi connectivity index (χ2n) is 12.4. The Labute approximate surface area is 252 Å². The number of carbonyl (C=O) groups excluding carboxylic acids is 4. The molecule has 3 fully saturated rings. The van der Waals surface area contributed by atoms with Crippen LogP contribution < -0.4 is 9.64 Å². The first-order chi connectivity index (χ1) is 19.7. The third kappa shape index (κ3) is 3.65. The summed E-state index contributed by atoms with van der Waals surface area (Å²) in [6, 6.07) is 9.30. The fourth-order valence-corrected chi connectivity index (χ4v) is 8.23. The van der Waals surface area contributed by atoms with E-state index in [-0.39, 0.29) is 41.7 Å². The van der Waals surface area contributed by atoms with Crippen LogP contribution in [0.25, 0.3) is 0 Å². The molecule has 42 heavy (non-hydrogen) atoms. The number of imide groups is 2. The number of likely N-dealkylation sites (tertiary alicyclic amines) is 1. The third-order valence-electron chi connectivity index (χ3n) is 9.12. The quantitative estimate of drug-likeness (QED) is 0.299. The molecule has 0 unspecified atom stereocenters. The molecule has 4 aliphatic rings. The number of hydrogen-bond acceptors (Lipinski definition) is 6. The molecule has 6 rings (SSSR count). The first-order valence-corrected chi connectivity index (χ1v) is 14.4. The highest BCUT2D eigenvalue weighted by Gasteiger charge is 2.77. The lowest BCUT2D eigenvalue weighted by Crippen LogP contribution is -2.60. The van der Waals surface area contributed by atoms with Crippen molar-refractivity contribution in [1.29, 1.82) is 0 Å². The van der Waals surface area contributed by atoms with Crippen molar-refractivity contribution in [2.75, 3.05) is 12.0 Å². The van der Waals surface area contributed by atoms with E-state index in [9.17, 15) is 28.7 Å². The molecule has 2 saturated heterocycles. The van der Waals surface area contributed by atoms with Gasteiger partial charge in [-0.15, -0.1) is 23.2 Å². The Morgan fingerprint density at radius 2 is 1.64 bits per heavy atom. The van der Waals surface area contributed by atoms with Gasteiger partial charge in [0.15, 0.2) is 9.75 Å². The van der Waals surface area contributed by atoms with Gasteiger partial charge in [0.1, 0.15) is 17.3 Å². The van der Waals surface area contributed by atoms with E-state index in [1.165, 1.54) is 30.2 Å². The number of methoxy groups -OCH3 is 1. The van der Waals surface area contributed by atoms with Crippen LogP contribution in [0, 0.1) is 23.6 Å². The van der Waals surface area contributed by atoms with Crippen LogP contribution in [-0.2, 0) is 19.2 Å². The van der Waals surface area contributed by atoms with E-state index < -0.39 is 56.6 Å². The minimum Gasteiger partial charge on any atom is -0.508 e. The Morgan fingerprint density at radius 3 is 2.24 bits per heavy atom. The molecule has 0 aromatic heterocycles. The summed E-state index contributed by atoms with van der Waals surface area (Å²) in [4.78, 5) is 53.9. The van der Waals surface area contributed by atoms with Crippen LogP contribution in [0.5, 0.6) is 11.5 Å². The van der Waals surface area contributed by atoms with Crippen molar-refractivity contribution in [1.82, 2.24) is 4.90 Å². The van der Waals surface area contributed by atoms with Crippen molar-refractivity contribution in [2.24, 2.45) is 17.8 Å². The number of phenols is 1. The molecular weight excluding hydrogens is 586 g/mol. The number of allylic oxidation sites excluding steroid dienone is 2. The van der Waals surface area contributed by atoms with Crippen molar-refractivity contribution >= 4 is 52.5 Å². The number of halogens is 3. The smallest absolute Gasteiger partial charge is 0.258 e. The second-order valence-corrected chi connectivity index (χ2v) is 13.6. The number of hydrogen-bond donors (Lipinski definition) is 1. The van der Waals surface area contributed by atoms with Crippen molar-refractivity contribution < 1.29 is 33.4 Å². The standard InChI is InChI=1S/C31H29Cl2FN2O6/c1-29(2,3)36-25(38)20-12-11-18-21(23(20)26(36)39)14-30(32)27(40)35(16-7-5-15(34)6-8-16)28(41)31(30,33)24(18)19-10-9-17(42-4)13-22(19)37/h5-11,13,20-21,23-24,37H,12,14H2,1-4H3/t20-,21+,23-,24+,30+,31-/m0/s1. The van der Waals surface area contributed by atoms with Crippen LogP contribution in [0.1, 0.15) is 45.1 Å². The fraction of sp³-hybridized carbons (Fsp3) is 0.419. The van der Waals surface area contributed by atoms with Crippen molar-refractivity contribution in [2.45, 2.75) is 54.8 Å². The number of nitrogens with zero attached hydrogens (tertiary/aromatic N) is 2. The van der Waals surface area contributed by atoms with Gasteiger partial charge in [0.05, 0.1) is 24.6 Å². The molecule has 1 N–H and O–H groups in total. The Balaban J connectivity index is 1.57. The van der Waals surface area contributed by atoms with E-state index in [0.717, 1.165) is 17.0 Å². The Bertz CT molecular complexity index is 1590. The third-order valence-corrected chi connectivity index (χ3v) is 10.5. The largest absolute Gasteiger partial charge is 0.508 e. The monoisotopic (exact) mass is 614 g/mol. The average Bonchev–Trinajstić information content (AvgIpc) is 3.28. The van der Waals surface area contributed by atoms with Gasteiger partial charge in [-0.3, -0.25) is 24.1 Å². The highest BCUT2D eigenvalue weighted by molar-refractivity contribution is 6.58. The first-order valence-electron chi connectivity index (χ1n) is 13.6. The number of aromatic hydroxyl groups is 1. The number of fused-ring (bicyclic) bond motifs is 4. The Morgan fingerprint density at radius 1 is 0.976 bits per heavy atom. The van der Waals surface area contributed by atoms with Crippen LogP contribution in [0.2, 0.25) is 0 Å². The molecule has 2 aromatic carbocycles. The number of amides is 4. The Hall–Kier alpha value is -3.43. The van der Waals surface area contributed by atoms with Crippen molar-refractivity contribution in [3.05, 3.63) is 65.5 Å². The molecule has 2 heterocycles. The molecule has 2 aliphatic heterocycles. The second kappa shape index (κ2) is 9.28. The number of phenolic OH excluding ortho intramolecular Hbond substituents is 1. The summed E-state index contributed by atoms with van der Waals surface area (Å²) in [7, 11) is 1.44. The zero-order valence-electron chi connectivity index (χ0n) is 23.4. The van der Waals surface area contributed by atoms with Gasteiger partial charge in [0, 0.05) is 23.1 Å². The summed E-state index contributed by atoms with van der Waals surface area (Å²) in [6.45, 7) is 5.33. The van der Waals surface area contributed by atoms with Gasteiger partial charge in [0.25, 0.3) is 11.8 Å². The number of alkyl halides is 2. The minimum absolute atomic E-state index is 0.0828. The van der Waals surface area contributed by atoms with Gasteiger partial charge in [-0.05, 0) is 69.9 Å². The highest BCUT2D eigenvalue weighted by atomic mass is 35.5. The Kier molecular flexibility index (Phi) is 6.34. The van der Waals surface area contributed by atoms with Gasteiger partial charge in [-0.25, -0.2) is 9.29 Å². The number of anilines is 1. The number of rotatable bonds is 3. The summed E-state index contributed by atoms with van der Waals surface area (Å²) in [5, 5.41) is 11.2. The van der Waals surface area contributed by atoms with E-state index in [1.54, 1.807) is 39.0 Å². The van der Waals surface area contributed by atoms with Crippen LogP contribution in [0.3, 0.4) is 0 Å². The molecular formula is C31H29Cl2FN2O6. The van der Waals surface area contributed by atoms with Crippen LogP contribution in [-0.4, -0.2) is 56.0 Å². The predicted molar refractivity (Wildman–Crippen MR) is 153 cm³/mol. The fourth-order valence-electron chi connectivity index (χ4n) is 7.30. The van der Waals surface area contributed by atoms with Crippen molar-refractivity contribution in [3.63, 3.8) is 0 Å². The SMILES string of the molecule is COc1ccc([C@H]2C3=CC[C@@H]4C(=O)N(C(C)(C)C)C(=O)[C@@H]4[C@@H]3C[C@@]3(Cl)C(=O)N(c4ccc(F)cc4)C(=O)[C@@]23Cl)c(O)c1. The zero-order valence-corrected chi connectivity index (χ0v) is 24.9. The number of benzene rings is 2. The van der Waals surface area contributed by atoms with Crippen LogP contribution in [0.4, 0.5) is 10.1 Å². The van der Waals surface area contributed by atoms with Gasteiger partial charge in [-0.1, -0.05) is 17.7 Å². The molecule has 6 atom stereocenters. The predicted octanol–water partition coefficient (Wildman–Crippen LogP) is 4.90. The van der Waals surface area contributed by atoms with Crippen LogP contribution >= 0.6 is 23.2 Å². The first kappa shape index (κ1) is 28.7. The topological polar surface area (TPSA) is 104 Å². The normalized spacial score (nSPS) is 32.5.